The van der Waals surface area contributed by atoms with Crippen molar-refractivity contribution in [3.63, 3.8) is 0 Å². The first-order chi connectivity index (χ1) is 14.8. The Morgan fingerprint density at radius 1 is 1.32 bits per heavy atom. The molecule has 0 aliphatic carbocycles. The van der Waals surface area contributed by atoms with E-state index in [9.17, 15) is 14.1 Å². The van der Waals surface area contributed by atoms with Gasteiger partial charge in [0.2, 0.25) is 7.37 Å². The van der Waals surface area contributed by atoms with Crippen molar-refractivity contribution in [1.82, 2.24) is 4.98 Å². The van der Waals surface area contributed by atoms with Crippen LogP contribution in [-0.2, 0) is 9.09 Å². The molecule has 2 atom stereocenters. The van der Waals surface area contributed by atoms with Gasteiger partial charge < -0.3 is 19.5 Å². The highest BCUT2D eigenvalue weighted by molar-refractivity contribution is 8.05. The Labute approximate surface area is 184 Å². The number of nitrogens with zero attached hydrogens (tertiary/aromatic N) is 1. The van der Waals surface area contributed by atoms with Gasteiger partial charge in [-0.3, -0.25) is 4.57 Å². The zero-order valence-electron chi connectivity index (χ0n) is 17.4. The number of aliphatic hydroxyl groups is 1. The third-order valence-electron chi connectivity index (χ3n) is 5.36. The van der Waals surface area contributed by atoms with Crippen LogP contribution in [0.1, 0.15) is 13.3 Å². The van der Waals surface area contributed by atoms with Crippen LogP contribution in [0.15, 0.2) is 41.4 Å². The Morgan fingerprint density at radius 2 is 2.06 bits per heavy atom. The molecule has 9 heteroatoms. The quantitative estimate of drug-likeness (QED) is 0.347. The van der Waals surface area contributed by atoms with Crippen LogP contribution in [0.25, 0.3) is 22.0 Å². The number of halogens is 2. The number of hydrogen-bond acceptors (Lipinski definition) is 5. The van der Waals surface area contributed by atoms with Crippen LogP contribution >= 0.6 is 19.1 Å². The van der Waals surface area contributed by atoms with E-state index in [4.69, 9.17) is 4.52 Å². The number of aliphatic hydroxyl groups excluding tert-OH is 1. The predicted molar refractivity (Wildman–Crippen MR) is 122 cm³/mol. The normalized spacial score (nSPS) is 18.6. The number of rotatable bonds is 7. The molecule has 4 rings (SSSR count). The second-order valence-electron chi connectivity index (χ2n) is 7.76. The number of benzene rings is 2. The fourth-order valence-corrected chi connectivity index (χ4v) is 6.71. The summed E-state index contributed by atoms with van der Waals surface area (Å²) in [5.41, 5.74) is 1.82. The van der Waals surface area contributed by atoms with E-state index < -0.39 is 19.0 Å². The molecule has 0 spiro atoms. The van der Waals surface area contributed by atoms with E-state index in [1.54, 1.807) is 31.9 Å². The average molecular weight is 466 g/mol. The molecular weight excluding hydrogens is 441 g/mol. The molecule has 1 aromatic heterocycles. The van der Waals surface area contributed by atoms with E-state index in [0.717, 1.165) is 12.2 Å². The van der Waals surface area contributed by atoms with Gasteiger partial charge in [0.1, 0.15) is 11.6 Å². The molecule has 0 bridgehead atoms. The number of β-amino-alcohol motifs (C(OH)–C–C–N with tert-alkyl or cyclic N) is 1. The highest BCUT2D eigenvalue weighted by Gasteiger charge is 2.23. The highest BCUT2D eigenvalue weighted by Crippen LogP contribution is 2.49. The van der Waals surface area contributed by atoms with E-state index in [-0.39, 0.29) is 22.5 Å². The van der Waals surface area contributed by atoms with Crippen molar-refractivity contribution in [1.29, 1.82) is 0 Å². The average Bonchev–Trinajstić information content (AvgIpc) is 3.33. The number of nitrogens with one attached hydrogen (secondary N) is 1. The van der Waals surface area contributed by atoms with E-state index in [1.807, 2.05) is 17.0 Å². The summed E-state index contributed by atoms with van der Waals surface area (Å²) in [4.78, 5) is 5.52. The molecule has 1 saturated heterocycles. The third kappa shape index (κ3) is 4.67. The summed E-state index contributed by atoms with van der Waals surface area (Å²) < 4.78 is 48.0. The largest absolute Gasteiger partial charge is 0.391 e. The Bertz CT molecular complexity index is 1140. The minimum Gasteiger partial charge on any atom is -0.391 e. The van der Waals surface area contributed by atoms with Crippen molar-refractivity contribution >= 4 is 35.7 Å². The van der Waals surface area contributed by atoms with Gasteiger partial charge in [0.05, 0.1) is 29.3 Å². The van der Waals surface area contributed by atoms with E-state index in [2.05, 4.69) is 4.98 Å². The molecule has 0 saturated carbocycles. The molecule has 166 valence electrons. The number of aromatic amines is 1. The van der Waals surface area contributed by atoms with Gasteiger partial charge in [-0.2, -0.15) is 0 Å². The minimum atomic E-state index is -2.80. The lowest BCUT2D eigenvalue weighted by Gasteiger charge is -2.18. The Hall–Kier alpha value is -1.86. The third-order valence-corrected chi connectivity index (χ3v) is 9.19. The van der Waals surface area contributed by atoms with Crippen LogP contribution in [0.3, 0.4) is 0 Å². The zero-order chi connectivity index (χ0) is 22.2. The van der Waals surface area contributed by atoms with E-state index in [0.29, 0.717) is 35.5 Å². The first kappa shape index (κ1) is 22.3. The second-order valence-corrected chi connectivity index (χ2v) is 11.8. The molecule has 0 amide bonds. The van der Waals surface area contributed by atoms with Crippen LogP contribution in [0.2, 0.25) is 0 Å². The SMILES string of the molecule is CCOP(C)(=O)CSc1c[nH]c2cc(F)c(-c3ccc(N4CC[C@H](O)C4)cc3)c(F)c12. The number of fused-ring (bicyclic) bond motifs is 1. The van der Waals surface area contributed by atoms with Crippen molar-refractivity contribution in [2.45, 2.75) is 24.3 Å². The predicted octanol–water partition coefficient (Wildman–Crippen LogP) is 5.68. The van der Waals surface area contributed by atoms with Crippen molar-refractivity contribution in [3.8, 4) is 11.1 Å². The van der Waals surface area contributed by atoms with Crippen molar-refractivity contribution in [2.75, 3.05) is 36.8 Å². The topological polar surface area (TPSA) is 65.6 Å². The summed E-state index contributed by atoms with van der Waals surface area (Å²) in [6, 6.07) is 8.32. The summed E-state index contributed by atoms with van der Waals surface area (Å²) in [7, 11) is -2.80. The zero-order valence-corrected chi connectivity index (χ0v) is 19.1. The van der Waals surface area contributed by atoms with Gasteiger partial charge in [-0.25, -0.2) is 8.78 Å². The number of thioether (sulfide) groups is 1. The molecule has 2 aromatic carbocycles. The van der Waals surface area contributed by atoms with E-state index >= 15 is 4.39 Å². The fraction of sp³-hybridized carbons (Fsp3) is 0.364. The molecule has 1 fully saturated rings. The van der Waals surface area contributed by atoms with Crippen molar-refractivity contribution in [2.24, 2.45) is 0 Å². The molecule has 2 N–H and O–H groups in total. The lowest BCUT2D eigenvalue weighted by atomic mass is 10.0. The van der Waals surface area contributed by atoms with Crippen molar-refractivity contribution in [3.05, 3.63) is 48.2 Å². The van der Waals surface area contributed by atoms with Gasteiger partial charge in [0.15, 0.2) is 0 Å². The monoisotopic (exact) mass is 466 g/mol. The number of hydrogen-bond donors (Lipinski definition) is 2. The van der Waals surface area contributed by atoms with Crippen LogP contribution < -0.4 is 4.90 Å². The van der Waals surface area contributed by atoms with Crippen LogP contribution in [0.4, 0.5) is 14.5 Å². The van der Waals surface area contributed by atoms with Gasteiger partial charge in [-0.15, -0.1) is 11.8 Å². The maximum atomic E-state index is 15.5. The molecule has 1 aliphatic rings. The molecule has 3 aromatic rings. The van der Waals surface area contributed by atoms with Gasteiger partial charge >= 0.3 is 0 Å². The van der Waals surface area contributed by atoms with Gasteiger partial charge in [0.25, 0.3) is 0 Å². The van der Waals surface area contributed by atoms with Crippen LogP contribution in [0, 0.1) is 11.6 Å². The smallest absolute Gasteiger partial charge is 0.210 e. The van der Waals surface area contributed by atoms with Crippen LogP contribution in [-0.4, -0.2) is 48.0 Å². The van der Waals surface area contributed by atoms with Gasteiger partial charge in [-0.05, 0) is 37.1 Å². The molecule has 1 aliphatic heterocycles. The molecule has 1 unspecified atom stereocenters. The Morgan fingerprint density at radius 3 is 2.71 bits per heavy atom. The summed E-state index contributed by atoms with van der Waals surface area (Å²) in [5.74, 6) is -1.30. The number of H-pyrrole nitrogens is 1. The maximum Gasteiger partial charge on any atom is 0.210 e. The molecule has 0 radical (unpaired) electrons. The first-order valence-corrected chi connectivity index (χ1v) is 13.4. The highest BCUT2D eigenvalue weighted by atomic mass is 32.2. The molecule has 31 heavy (non-hydrogen) atoms. The molecular formula is C22H25F2N2O3PS. The number of anilines is 1. The Kier molecular flexibility index (Phi) is 6.44. The van der Waals surface area contributed by atoms with Gasteiger partial charge in [0, 0.05) is 41.9 Å². The first-order valence-electron chi connectivity index (χ1n) is 10.2. The minimum absolute atomic E-state index is 0.0913. The lowest BCUT2D eigenvalue weighted by molar-refractivity contribution is 0.198. The maximum absolute atomic E-state index is 15.5. The molecule has 5 nitrogen and oxygen atoms in total. The van der Waals surface area contributed by atoms with Crippen LogP contribution in [0.5, 0.6) is 0 Å². The summed E-state index contributed by atoms with van der Waals surface area (Å²) >= 11 is 1.23. The Balaban J connectivity index is 1.66. The fourth-order valence-electron chi connectivity index (χ4n) is 3.88. The summed E-state index contributed by atoms with van der Waals surface area (Å²) in [6.07, 6.45) is 1.97. The lowest BCUT2D eigenvalue weighted by Crippen LogP contribution is -2.20. The standard InChI is InChI=1S/C22H25F2N2O3PS/c1-3-29-30(2,28)13-31-19-11-25-18-10-17(23)20(22(24)21(18)19)14-4-6-15(7-5-14)26-9-8-16(27)12-26/h4-7,10-11,16,25,27H,3,8-9,12-13H2,1-2H3/t16-,30?/m0/s1. The summed E-state index contributed by atoms with van der Waals surface area (Å²) in [6.45, 7) is 4.99. The molecule has 2 heterocycles. The second kappa shape index (κ2) is 8.94. The number of aromatic nitrogens is 1. The van der Waals surface area contributed by atoms with Crippen molar-refractivity contribution < 1.29 is 23.0 Å². The van der Waals surface area contributed by atoms with E-state index in [1.165, 1.54) is 17.8 Å². The summed E-state index contributed by atoms with van der Waals surface area (Å²) in [5, 5.41) is 10.0. The van der Waals surface area contributed by atoms with Gasteiger partial charge in [-0.1, -0.05) is 12.1 Å².